The Morgan fingerprint density at radius 1 is 0.296 bits per heavy atom. The molecular weight excluding hydrogens is 449 g/mol. The van der Waals surface area contributed by atoms with Crippen LogP contribution >= 0.6 is 0 Å². The molecule has 0 aromatic rings. The van der Waals surface area contributed by atoms with Gasteiger partial charge >= 0.3 is 180 Å². The Kier molecular flexibility index (Phi) is 7.61. The average Bonchev–Trinajstić information content (AvgIpc) is 2.16. The van der Waals surface area contributed by atoms with Crippen LogP contribution < -0.4 is 0 Å². The van der Waals surface area contributed by atoms with Crippen LogP contribution in [0.25, 0.3) is 0 Å². The quantitative estimate of drug-likeness (QED) is 0.341. The molecule has 1 nitrogen and oxygen atoms in total. The van der Waals surface area contributed by atoms with E-state index in [2.05, 4.69) is 125 Å². The fraction of sp³-hybridized carbons (Fsp3) is 1.00. The minimum atomic E-state index is -2.99. The Bertz CT molecular complexity index is 385. The average molecular weight is 504 g/mol. The van der Waals surface area contributed by atoms with E-state index in [1.54, 1.807) is 0 Å². The first-order chi connectivity index (χ1) is 11.2. The van der Waals surface area contributed by atoms with E-state index in [1.165, 1.54) is 0 Å². The van der Waals surface area contributed by atoms with E-state index in [0.717, 1.165) is 0 Å². The van der Waals surface area contributed by atoms with Gasteiger partial charge in [-0.05, 0) is 0 Å². The molecular formula is C24H54Ge2O. The van der Waals surface area contributed by atoms with Crippen LogP contribution in [0.3, 0.4) is 0 Å². The molecule has 0 saturated carbocycles. The van der Waals surface area contributed by atoms with Crippen LogP contribution in [0.4, 0.5) is 0 Å². The molecule has 0 spiro atoms. The van der Waals surface area contributed by atoms with Gasteiger partial charge in [-0.3, -0.25) is 0 Å². The van der Waals surface area contributed by atoms with Crippen LogP contribution in [0.5, 0.6) is 0 Å². The molecule has 0 radical (unpaired) electrons. The summed E-state index contributed by atoms with van der Waals surface area (Å²) in [7, 11) is 0. The third-order valence-corrected chi connectivity index (χ3v) is 41.2. The van der Waals surface area contributed by atoms with Crippen molar-refractivity contribution in [3.05, 3.63) is 0 Å². The Hall–Kier alpha value is 1.05. The maximum absolute atomic E-state index is 8.19. The summed E-state index contributed by atoms with van der Waals surface area (Å²) >= 11 is -5.99. The van der Waals surface area contributed by atoms with Crippen molar-refractivity contribution < 1.29 is 2.79 Å². The van der Waals surface area contributed by atoms with E-state index in [4.69, 9.17) is 2.79 Å². The number of rotatable bonds is 2. The number of hydrogen-bond acceptors (Lipinski definition) is 1. The second-order valence-corrected chi connectivity index (χ2v) is 42.2. The van der Waals surface area contributed by atoms with Crippen molar-refractivity contribution in [1.29, 1.82) is 0 Å². The van der Waals surface area contributed by atoms with Crippen molar-refractivity contribution >= 4 is 27.2 Å². The Labute approximate surface area is 179 Å². The van der Waals surface area contributed by atoms with Crippen LogP contribution in [-0.4, -0.2) is 27.2 Å². The first-order valence-electron chi connectivity index (χ1n) is 10.9. The van der Waals surface area contributed by atoms with Gasteiger partial charge in [-0.15, -0.1) is 0 Å². The standard InChI is InChI=1S/C24H54Ge2O/c1-19(2,3)25(20(4,5)6,21(7,8)9)27-26(22(10,11)12,23(13,14)15)24(16,17)18/h1-18H3. The fourth-order valence-electron chi connectivity index (χ4n) is 7.90. The molecule has 0 unspecified atom stereocenters. The zero-order chi connectivity index (χ0) is 22.7. The molecule has 0 rings (SSSR count). The van der Waals surface area contributed by atoms with E-state index in [1.807, 2.05) is 0 Å². The van der Waals surface area contributed by atoms with Crippen LogP contribution in [-0.2, 0) is 2.79 Å². The molecule has 164 valence electrons. The summed E-state index contributed by atoms with van der Waals surface area (Å²) < 4.78 is 9.41. The predicted octanol–water partition coefficient (Wildman–Crippen LogP) is 9.69. The summed E-state index contributed by atoms with van der Waals surface area (Å²) in [6, 6.07) is 0. The zero-order valence-electron chi connectivity index (χ0n) is 22.4. The minimum absolute atomic E-state index is 0.203. The summed E-state index contributed by atoms with van der Waals surface area (Å²) in [4.78, 5) is 0. The Balaban J connectivity index is 7.45. The van der Waals surface area contributed by atoms with Crippen LogP contribution in [0, 0.1) is 0 Å². The molecule has 0 fully saturated rings. The van der Waals surface area contributed by atoms with Crippen molar-refractivity contribution in [3.63, 3.8) is 0 Å². The summed E-state index contributed by atoms with van der Waals surface area (Å²) in [5.41, 5.74) is 0. The van der Waals surface area contributed by atoms with Crippen molar-refractivity contribution in [2.45, 2.75) is 150 Å². The van der Waals surface area contributed by atoms with Crippen LogP contribution in [0.15, 0.2) is 0 Å². The SMILES string of the molecule is C[C](C)(C)[Ge]([O][Ge]([C](C)(C)C)([C](C)(C)C)[C](C)(C)C)([C](C)(C)C)[C](C)(C)C. The Morgan fingerprint density at radius 3 is 0.481 bits per heavy atom. The van der Waals surface area contributed by atoms with Gasteiger partial charge in [-0.25, -0.2) is 0 Å². The van der Waals surface area contributed by atoms with Crippen molar-refractivity contribution in [2.24, 2.45) is 0 Å². The molecule has 0 aliphatic rings. The number of hydrogen-bond donors (Lipinski definition) is 0. The molecule has 0 bridgehead atoms. The van der Waals surface area contributed by atoms with E-state index in [9.17, 15) is 0 Å². The molecule has 0 atom stereocenters. The van der Waals surface area contributed by atoms with Gasteiger partial charge in [0.25, 0.3) is 0 Å². The molecule has 0 aliphatic heterocycles. The van der Waals surface area contributed by atoms with Crippen LogP contribution in [0.2, 0.25) is 25.5 Å². The molecule has 27 heavy (non-hydrogen) atoms. The third-order valence-electron chi connectivity index (χ3n) is 6.64. The topological polar surface area (TPSA) is 9.23 Å². The van der Waals surface area contributed by atoms with Gasteiger partial charge in [0.2, 0.25) is 0 Å². The van der Waals surface area contributed by atoms with Gasteiger partial charge in [0, 0.05) is 0 Å². The van der Waals surface area contributed by atoms with E-state index < -0.39 is 27.2 Å². The van der Waals surface area contributed by atoms with Gasteiger partial charge in [0.1, 0.15) is 0 Å². The third kappa shape index (κ3) is 4.55. The molecule has 0 aromatic carbocycles. The summed E-state index contributed by atoms with van der Waals surface area (Å²) in [6.07, 6.45) is 0. The first-order valence-corrected chi connectivity index (χ1v) is 18.9. The van der Waals surface area contributed by atoms with Crippen molar-refractivity contribution in [3.8, 4) is 0 Å². The second kappa shape index (κ2) is 7.33. The van der Waals surface area contributed by atoms with Gasteiger partial charge in [-0.2, -0.15) is 0 Å². The molecule has 0 heterocycles. The summed E-state index contributed by atoms with van der Waals surface area (Å²) in [5.74, 6) is 0. The second-order valence-electron chi connectivity index (χ2n) is 15.0. The normalized spacial score (nSPS) is 16.7. The van der Waals surface area contributed by atoms with Gasteiger partial charge < -0.3 is 0 Å². The van der Waals surface area contributed by atoms with E-state index >= 15 is 0 Å². The molecule has 3 heteroatoms. The predicted molar refractivity (Wildman–Crippen MR) is 131 cm³/mol. The van der Waals surface area contributed by atoms with Crippen molar-refractivity contribution in [2.75, 3.05) is 0 Å². The molecule has 0 saturated heterocycles. The zero-order valence-corrected chi connectivity index (χ0v) is 26.6. The Morgan fingerprint density at radius 2 is 0.407 bits per heavy atom. The summed E-state index contributed by atoms with van der Waals surface area (Å²) in [5, 5.41) is 0. The van der Waals surface area contributed by atoms with Crippen molar-refractivity contribution in [1.82, 2.24) is 0 Å². The maximum atomic E-state index is 8.19. The van der Waals surface area contributed by atoms with Gasteiger partial charge in [0.15, 0.2) is 0 Å². The van der Waals surface area contributed by atoms with Gasteiger partial charge in [0.05, 0.1) is 0 Å². The molecule has 0 aromatic heterocycles. The van der Waals surface area contributed by atoms with Gasteiger partial charge in [-0.1, -0.05) is 0 Å². The molecule has 0 aliphatic carbocycles. The van der Waals surface area contributed by atoms with E-state index in [0.29, 0.717) is 0 Å². The van der Waals surface area contributed by atoms with E-state index in [-0.39, 0.29) is 25.5 Å². The fourth-order valence-corrected chi connectivity index (χ4v) is 66.1. The van der Waals surface area contributed by atoms with Crippen LogP contribution in [0.1, 0.15) is 125 Å². The molecule has 0 amide bonds. The molecule has 0 N–H and O–H groups in total. The summed E-state index contributed by atoms with van der Waals surface area (Å²) in [6.45, 7) is 44.6. The first kappa shape index (κ1) is 28.0. The monoisotopic (exact) mass is 506 g/mol.